The fourth-order valence-electron chi connectivity index (χ4n) is 2.61. The van der Waals surface area contributed by atoms with E-state index in [1.807, 2.05) is 54.7 Å². The van der Waals surface area contributed by atoms with Crippen molar-refractivity contribution in [1.82, 2.24) is 10.3 Å². The van der Waals surface area contributed by atoms with Crippen LogP contribution >= 0.6 is 0 Å². The molecule has 132 valence electrons. The van der Waals surface area contributed by atoms with Gasteiger partial charge < -0.3 is 19.8 Å². The molecule has 0 unspecified atom stereocenters. The highest BCUT2D eigenvalue weighted by atomic mass is 16.5. The SMILES string of the molecule is COc1ccc2c(CCNC(=O)OCC#Cc3ccccc3)c[nH]c2c1. The summed E-state index contributed by atoms with van der Waals surface area (Å²) >= 11 is 0. The number of nitrogens with one attached hydrogen (secondary N) is 2. The van der Waals surface area contributed by atoms with Crippen LogP contribution in [0.1, 0.15) is 11.1 Å². The van der Waals surface area contributed by atoms with E-state index >= 15 is 0 Å². The summed E-state index contributed by atoms with van der Waals surface area (Å²) in [5, 5.41) is 3.86. The molecule has 0 radical (unpaired) electrons. The lowest BCUT2D eigenvalue weighted by Gasteiger charge is -2.04. The quantitative estimate of drug-likeness (QED) is 0.694. The van der Waals surface area contributed by atoms with Crippen molar-refractivity contribution < 1.29 is 14.3 Å². The fraction of sp³-hybridized carbons (Fsp3) is 0.190. The van der Waals surface area contributed by atoms with Crippen LogP contribution in [0, 0.1) is 11.8 Å². The number of aromatic nitrogens is 1. The molecular formula is C21H20N2O3. The lowest BCUT2D eigenvalue weighted by Crippen LogP contribution is -2.26. The predicted octanol–water partition coefficient (Wildman–Crippen LogP) is 3.50. The number of carbonyl (C=O) groups is 1. The summed E-state index contributed by atoms with van der Waals surface area (Å²) in [7, 11) is 1.64. The molecule has 0 aliphatic rings. The van der Waals surface area contributed by atoms with Crippen LogP contribution < -0.4 is 10.1 Å². The van der Waals surface area contributed by atoms with Gasteiger partial charge >= 0.3 is 6.09 Å². The molecule has 0 bridgehead atoms. The van der Waals surface area contributed by atoms with Crippen molar-refractivity contribution in [3.05, 3.63) is 65.9 Å². The van der Waals surface area contributed by atoms with Crippen molar-refractivity contribution in [2.45, 2.75) is 6.42 Å². The standard InChI is InChI=1S/C21H20N2O3/c1-25-18-9-10-19-17(15-23-20(19)14-18)11-12-22-21(24)26-13-5-8-16-6-3-2-4-7-16/h2-4,6-7,9-10,14-15,23H,11-13H2,1H3,(H,22,24). The van der Waals surface area contributed by atoms with Crippen LogP contribution in [-0.2, 0) is 11.2 Å². The number of H-pyrrole nitrogens is 1. The van der Waals surface area contributed by atoms with Gasteiger partial charge in [0.25, 0.3) is 0 Å². The molecular weight excluding hydrogens is 328 g/mol. The van der Waals surface area contributed by atoms with Gasteiger partial charge in [-0.3, -0.25) is 0 Å². The third-order valence-electron chi connectivity index (χ3n) is 3.92. The van der Waals surface area contributed by atoms with E-state index in [0.717, 1.165) is 27.8 Å². The largest absolute Gasteiger partial charge is 0.497 e. The van der Waals surface area contributed by atoms with Gasteiger partial charge in [0.15, 0.2) is 6.61 Å². The number of rotatable bonds is 5. The number of carbonyl (C=O) groups excluding carboxylic acids is 1. The first-order valence-electron chi connectivity index (χ1n) is 8.35. The lowest BCUT2D eigenvalue weighted by atomic mass is 10.1. The molecule has 0 saturated heterocycles. The van der Waals surface area contributed by atoms with Gasteiger partial charge in [-0.25, -0.2) is 4.79 Å². The van der Waals surface area contributed by atoms with Gasteiger partial charge in [-0.2, -0.15) is 0 Å². The molecule has 0 spiro atoms. The van der Waals surface area contributed by atoms with Crippen LogP contribution in [0.15, 0.2) is 54.7 Å². The van der Waals surface area contributed by atoms with Gasteiger partial charge in [0.05, 0.1) is 7.11 Å². The van der Waals surface area contributed by atoms with Gasteiger partial charge in [0.2, 0.25) is 0 Å². The molecule has 3 aromatic rings. The third-order valence-corrected chi connectivity index (χ3v) is 3.92. The average molecular weight is 348 g/mol. The smallest absolute Gasteiger partial charge is 0.408 e. The Balaban J connectivity index is 1.43. The van der Waals surface area contributed by atoms with Crippen LogP contribution in [0.25, 0.3) is 10.9 Å². The van der Waals surface area contributed by atoms with Crippen molar-refractivity contribution in [3.8, 4) is 17.6 Å². The summed E-state index contributed by atoms with van der Waals surface area (Å²) in [6, 6.07) is 15.5. The second-order valence-corrected chi connectivity index (χ2v) is 5.65. The zero-order valence-corrected chi connectivity index (χ0v) is 14.5. The molecule has 5 nitrogen and oxygen atoms in total. The number of hydrogen-bond donors (Lipinski definition) is 2. The fourth-order valence-corrected chi connectivity index (χ4v) is 2.61. The Morgan fingerprint density at radius 3 is 2.85 bits per heavy atom. The molecule has 3 rings (SSSR count). The minimum atomic E-state index is -0.464. The number of amides is 1. The van der Waals surface area contributed by atoms with Gasteiger partial charge in [0.1, 0.15) is 5.75 Å². The Labute approximate surface area is 152 Å². The van der Waals surface area contributed by atoms with Crippen LogP contribution in [0.3, 0.4) is 0 Å². The Morgan fingerprint density at radius 2 is 2.04 bits per heavy atom. The second kappa shape index (κ2) is 8.63. The first-order valence-corrected chi connectivity index (χ1v) is 8.35. The zero-order valence-electron chi connectivity index (χ0n) is 14.5. The Morgan fingerprint density at radius 1 is 1.19 bits per heavy atom. The van der Waals surface area contributed by atoms with E-state index in [0.29, 0.717) is 13.0 Å². The first-order chi connectivity index (χ1) is 12.8. The van der Waals surface area contributed by atoms with E-state index in [-0.39, 0.29) is 6.61 Å². The van der Waals surface area contributed by atoms with E-state index in [1.165, 1.54) is 0 Å². The number of hydrogen-bond acceptors (Lipinski definition) is 3. The maximum atomic E-state index is 11.7. The molecule has 1 amide bonds. The summed E-state index contributed by atoms with van der Waals surface area (Å²) in [6.45, 7) is 0.553. The van der Waals surface area contributed by atoms with E-state index in [1.54, 1.807) is 7.11 Å². The average Bonchev–Trinajstić information content (AvgIpc) is 3.08. The number of aromatic amines is 1. The van der Waals surface area contributed by atoms with Crippen LogP contribution in [0.4, 0.5) is 4.79 Å². The second-order valence-electron chi connectivity index (χ2n) is 5.65. The summed E-state index contributed by atoms with van der Waals surface area (Å²) < 4.78 is 10.3. The number of fused-ring (bicyclic) bond motifs is 1. The highest BCUT2D eigenvalue weighted by Gasteiger charge is 2.06. The van der Waals surface area contributed by atoms with Crippen molar-refractivity contribution >= 4 is 17.0 Å². The van der Waals surface area contributed by atoms with Crippen molar-refractivity contribution in [1.29, 1.82) is 0 Å². The number of methoxy groups -OCH3 is 1. The van der Waals surface area contributed by atoms with Gasteiger partial charge in [0, 0.05) is 35.3 Å². The monoisotopic (exact) mass is 348 g/mol. The molecule has 2 aromatic carbocycles. The molecule has 5 heteroatoms. The molecule has 0 atom stereocenters. The third kappa shape index (κ3) is 4.58. The van der Waals surface area contributed by atoms with E-state index in [4.69, 9.17) is 9.47 Å². The Bertz CT molecular complexity index is 936. The summed E-state index contributed by atoms with van der Waals surface area (Å²) in [5.41, 5.74) is 3.04. The van der Waals surface area contributed by atoms with Crippen molar-refractivity contribution in [2.24, 2.45) is 0 Å². The molecule has 2 N–H and O–H groups in total. The van der Waals surface area contributed by atoms with Crippen LogP contribution in [0.5, 0.6) is 5.75 Å². The van der Waals surface area contributed by atoms with E-state index in [2.05, 4.69) is 22.1 Å². The molecule has 26 heavy (non-hydrogen) atoms. The summed E-state index contributed by atoms with van der Waals surface area (Å²) in [5.74, 6) is 6.57. The van der Waals surface area contributed by atoms with E-state index < -0.39 is 6.09 Å². The maximum absolute atomic E-state index is 11.7. The number of ether oxygens (including phenoxy) is 2. The molecule has 0 aliphatic carbocycles. The highest BCUT2D eigenvalue weighted by molar-refractivity contribution is 5.84. The minimum absolute atomic E-state index is 0.0631. The molecule has 1 heterocycles. The van der Waals surface area contributed by atoms with E-state index in [9.17, 15) is 4.79 Å². The highest BCUT2D eigenvalue weighted by Crippen LogP contribution is 2.23. The molecule has 0 aliphatic heterocycles. The molecule has 0 saturated carbocycles. The lowest BCUT2D eigenvalue weighted by molar-refractivity contribution is 0.160. The van der Waals surface area contributed by atoms with Crippen molar-refractivity contribution in [2.75, 3.05) is 20.3 Å². The summed E-state index contributed by atoms with van der Waals surface area (Å²) in [6.07, 6.45) is 2.19. The minimum Gasteiger partial charge on any atom is -0.497 e. The van der Waals surface area contributed by atoms with Gasteiger partial charge in [-0.05, 0) is 36.2 Å². The van der Waals surface area contributed by atoms with Crippen LogP contribution in [0.2, 0.25) is 0 Å². The topological polar surface area (TPSA) is 63.4 Å². The van der Waals surface area contributed by atoms with Gasteiger partial charge in [-0.15, -0.1) is 0 Å². The zero-order chi connectivity index (χ0) is 18.2. The normalized spacial score (nSPS) is 10.0. The molecule has 0 fully saturated rings. The summed E-state index contributed by atoms with van der Waals surface area (Å²) in [4.78, 5) is 14.9. The van der Waals surface area contributed by atoms with Gasteiger partial charge in [-0.1, -0.05) is 30.0 Å². The number of alkyl carbamates (subject to hydrolysis) is 1. The Hall–Kier alpha value is -3.39. The van der Waals surface area contributed by atoms with Crippen LogP contribution in [-0.4, -0.2) is 31.3 Å². The number of benzene rings is 2. The predicted molar refractivity (Wildman–Crippen MR) is 101 cm³/mol. The first kappa shape index (κ1) is 17.4. The van der Waals surface area contributed by atoms with Crippen molar-refractivity contribution in [3.63, 3.8) is 0 Å². The maximum Gasteiger partial charge on any atom is 0.408 e. The Kier molecular flexibility index (Phi) is 5.79. The molecule has 1 aromatic heterocycles.